The van der Waals surface area contributed by atoms with Crippen LogP contribution in [0, 0.1) is 0 Å². The number of hydrogen-bond acceptors (Lipinski definition) is 0. The summed E-state index contributed by atoms with van der Waals surface area (Å²) in [5.74, 6) is 0. The normalized spacial score (nSPS) is 15.0. The average molecular weight is 629 g/mol. The van der Waals surface area contributed by atoms with Crippen LogP contribution in [0.25, 0.3) is 76.8 Å². The first kappa shape index (κ1) is 27.8. The van der Waals surface area contributed by atoms with Crippen LogP contribution in [0.5, 0.6) is 0 Å². The second kappa shape index (κ2) is 9.66. The summed E-state index contributed by atoms with van der Waals surface area (Å²) in [5, 5.41) is 11.0. The molecule has 0 nitrogen and oxygen atoms in total. The van der Waals surface area contributed by atoms with Crippen molar-refractivity contribution in [2.75, 3.05) is 0 Å². The molecule has 0 bridgehead atoms. The van der Waals surface area contributed by atoms with Gasteiger partial charge in [-0.2, -0.15) is 0 Å². The molecule has 2 aliphatic rings. The second-order valence-electron chi connectivity index (χ2n) is 14.8. The van der Waals surface area contributed by atoms with Gasteiger partial charge in [-0.15, -0.1) is 0 Å². The molecule has 0 radical (unpaired) electrons. The molecule has 8 aromatic carbocycles. The summed E-state index contributed by atoms with van der Waals surface area (Å²) in [6.45, 7) is 9.76. The van der Waals surface area contributed by atoms with Gasteiger partial charge < -0.3 is 0 Å². The SMILES string of the molecule is CC1(C)c2ccccc2-c2ccc(-c3c4ccccc4c(-c4ccc5c(c4)-c4ccccc4[Si]5(C)C)c4ccccc34)c3cccc1c23. The van der Waals surface area contributed by atoms with Gasteiger partial charge in [-0.05, 0) is 104 Å². The van der Waals surface area contributed by atoms with Gasteiger partial charge in [0.2, 0.25) is 0 Å². The summed E-state index contributed by atoms with van der Waals surface area (Å²) in [6.07, 6.45) is 0. The summed E-state index contributed by atoms with van der Waals surface area (Å²) in [6, 6.07) is 55.4. The van der Waals surface area contributed by atoms with Gasteiger partial charge in [0.05, 0.1) is 0 Å². The van der Waals surface area contributed by atoms with Gasteiger partial charge in [-0.3, -0.25) is 0 Å². The molecule has 0 atom stereocenters. The fourth-order valence-corrected chi connectivity index (χ4v) is 12.5. The first-order valence-corrected chi connectivity index (χ1v) is 20.2. The fraction of sp³-hybridized carbons (Fsp3) is 0.106. The largest absolute Gasteiger partial charge is 0.113 e. The highest BCUT2D eigenvalue weighted by atomic mass is 28.3. The van der Waals surface area contributed by atoms with E-state index in [0.717, 1.165) is 0 Å². The van der Waals surface area contributed by atoms with Crippen LogP contribution in [-0.4, -0.2) is 8.07 Å². The molecule has 48 heavy (non-hydrogen) atoms. The van der Waals surface area contributed by atoms with Crippen LogP contribution in [0.15, 0.2) is 146 Å². The van der Waals surface area contributed by atoms with E-state index in [9.17, 15) is 0 Å². The van der Waals surface area contributed by atoms with Crippen LogP contribution >= 0.6 is 0 Å². The van der Waals surface area contributed by atoms with E-state index in [0.29, 0.717) is 0 Å². The Balaban J connectivity index is 1.29. The van der Waals surface area contributed by atoms with Crippen molar-refractivity contribution < 1.29 is 0 Å². The van der Waals surface area contributed by atoms with E-state index in [4.69, 9.17) is 0 Å². The molecular weight excluding hydrogens is 593 g/mol. The fourth-order valence-electron chi connectivity index (χ4n) is 9.38. The predicted molar refractivity (Wildman–Crippen MR) is 210 cm³/mol. The summed E-state index contributed by atoms with van der Waals surface area (Å²) in [5.41, 5.74) is 13.5. The lowest BCUT2D eigenvalue weighted by atomic mass is 9.68. The van der Waals surface area contributed by atoms with E-state index >= 15 is 0 Å². The Morgan fingerprint density at radius 2 is 0.938 bits per heavy atom. The highest BCUT2D eigenvalue weighted by molar-refractivity contribution is 7.03. The van der Waals surface area contributed by atoms with Crippen LogP contribution in [0.1, 0.15) is 25.0 Å². The van der Waals surface area contributed by atoms with Crippen molar-refractivity contribution in [3.63, 3.8) is 0 Å². The van der Waals surface area contributed by atoms with Crippen LogP contribution in [0.2, 0.25) is 13.1 Å². The van der Waals surface area contributed by atoms with E-state index in [-0.39, 0.29) is 5.41 Å². The Kier molecular flexibility index (Phi) is 5.60. The number of rotatable bonds is 2. The third-order valence-corrected chi connectivity index (χ3v) is 15.2. The minimum atomic E-state index is -1.73. The van der Waals surface area contributed by atoms with Gasteiger partial charge in [0, 0.05) is 5.41 Å². The van der Waals surface area contributed by atoms with Crippen molar-refractivity contribution in [3.8, 4) is 44.5 Å². The standard InChI is InChI=1S/C47H36Si/c1-47(2)40-21-11-9-14-30(40)37-25-26-38(36-20-13-22-41(47)46(36)37)45-34-18-7-5-16-32(34)44(33-17-6-8-19-35(33)45)29-24-27-43-39(28-29)31-15-10-12-23-42(31)48(43,3)4/h5-28H,1-4H3. The maximum absolute atomic E-state index is 2.50. The van der Waals surface area contributed by atoms with Crippen LogP contribution in [-0.2, 0) is 5.41 Å². The smallest absolute Gasteiger partial charge is 0.0623 e. The van der Waals surface area contributed by atoms with Crippen molar-refractivity contribution in [1.29, 1.82) is 0 Å². The number of fused-ring (bicyclic) bond motifs is 7. The van der Waals surface area contributed by atoms with Gasteiger partial charge in [-0.25, -0.2) is 0 Å². The molecule has 1 aliphatic heterocycles. The zero-order chi connectivity index (χ0) is 32.4. The lowest BCUT2D eigenvalue weighted by molar-refractivity contribution is 0.645. The van der Waals surface area contributed by atoms with Gasteiger partial charge in [0.25, 0.3) is 0 Å². The molecule has 0 saturated carbocycles. The minimum absolute atomic E-state index is 0.0840. The third-order valence-electron chi connectivity index (χ3n) is 11.7. The Hall–Kier alpha value is -5.24. The van der Waals surface area contributed by atoms with Crippen molar-refractivity contribution in [2.45, 2.75) is 32.4 Å². The summed E-state index contributed by atoms with van der Waals surface area (Å²) >= 11 is 0. The molecule has 8 aromatic rings. The molecular formula is C47H36Si. The Morgan fingerprint density at radius 1 is 0.396 bits per heavy atom. The van der Waals surface area contributed by atoms with Gasteiger partial charge in [0.15, 0.2) is 0 Å². The molecule has 0 saturated heterocycles. The Morgan fingerprint density at radius 3 is 1.67 bits per heavy atom. The van der Waals surface area contributed by atoms with E-state index in [1.54, 1.807) is 10.4 Å². The molecule has 1 aliphatic carbocycles. The zero-order valence-corrected chi connectivity index (χ0v) is 28.9. The number of benzene rings is 8. The Bertz CT molecular complexity index is 2610. The predicted octanol–water partition coefficient (Wildman–Crippen LogP) is 11.6. The summed E-state index contributed by atoms with van der Waals surface area (Å²) < 4.78 is 0. The molecule has 0 N–H and O–H groups in total. The van der Waals surface area contributed by atoms with Gasteiger partial charge in [-0.1, -0.05) is 166 Å². The molecule has 0 fully saturated rings. The summed E-state index contributed by atoms with van der Waals surface area (Å²) in [4.78, 5) is 0. The molecule has 0 unspecified atom stereocenters. The molecule has 0 amide bonds. The molecule has 0 spiro atoms. The monoisotopic (exact) mass is 628 g/mol. The van der Waals surface area contributed by atoms with Gasteiger partial charge >= 0.3 is 0 Å². The van der Waals surface area contributed by atoms with Crippen molar-refractivity contribution >= 4 is 50.8 Å². The number of hydrogen-bond donors (Lipinski definition) is 0. The second-order valence-corrected chi connectivity index (χ2v) is 19.2. The molecule has 228 valence electrons. The van der Waals surface area contributed by atoms with Crippen LogP contribution in [0.4, 0.5) is 0 Å². The first-order chi connectivity index (χ1) is 23.4. The third kappa shape index (κ3) is 3.55. The van der Waals surface area contributed by atoms with E-state index in [1.807, 2.05) is 0 Å². The highest BCUT2D eigenvalue weighted by Gasteiger charge is 2.37. The molecule has 1 heterocycles. The van der Waals surface area contributed by atoms with E-state index in [2.05, 4.69) is 173 Å². The highest BCUT2D eigenvalue weighted by Crippen LogP contribution is 2.52. The van der Waals surface area contributed by atoms with Crippen LogP contribution < -0.4 is 10.4 Å². The Labute approximate surface area is 283 Å². The average Bonchev–Trinajstić information content (AvgIpc) is 3.35. The zero-order valence-electron chi connectivity index (χ0n) is 27.9. The lowest BCUT2D eigenvalue weighted by Crippen LogP contribution is -2.49. The topological polar surface area (TPSA) is 0 Å². The van der Waals surface area contributed by atoms with Crippen LogP contribution in [0.3, 0.4) is 0 Å². The van der Waals surface area contributed by atoms with Crippen molar-refractivity contribution in [1.82, 2.24) is 0 Å². The van der Waals surface area contributed by atoms with E-state index in [1.165, 1.54) is 88.0 Å². The quantitative estimate of drug-likeness (QED) is 0.132. The maximum Gasteiger partial charge on any atom is 0.113 e. The van der Waals surface area contributed by atoms with Crippen molar-refractivity contribution in [2.24, 2.45) is 0 Å². The van der Waals surface area contributed by atoms with Crippen molar-refractivity contribution in [3.05, 3.63) is 157 Å². The maximum atomic E-state index is 2.50. The first-order valence-electron chi connectivity index (χ1n) is 17.2. The molecule has 10 rings (SSSR count). The minimum Gasteiger partial charge on any atom is -0.0623 e. The summed E-state index contributed by atoms with van der Waals surface area (Å²) in [7, 11) is -1.73. The molecule has 0 aromatic heterocycles. The van der Waals surface area contributed by atoms with Gasteiger partial charge in [0.1, 0.15) is 8.07 Å². The molecule has 1 heteroatoms. The van der Waals surface area contributed by atoms with E-state index < -0.39 is 8.07 Å². The lowest BCUT2D eigenvalue weighted by Gasteiger charge is -2.35.